The second kappa shape index (κ2) is 4.60. The molecule has 0 aliphatic rings. The minimum atomic E-state index is -0.726. The summed E-state index contributed by atoms with van der Waals surface area (Å²) in [7, 11) is 1.52. The first-order chi connectivity index (χ1) is 7.74. The Balaban J connectivity index is 2.58. The predicted octanol–water partition coefficient (Wildman–Crippen LogP) is 2.66. The number of methoxy groups -OCH3 is 1. The topological polar surface area (TPSA) is 29.5 Å². The zero-order valence-corrected chi connectivity index (χ0v) is 8.98. The lowest BCUT2D eigenvalue weighted by atomic mass is 10.0. The van der Waals surface area contributed by atoms with E-state index in [2.05, 4.69) is 0 Å². The molecule has 0 aromatic heterocycles. The third kappa shape index (κ3) is 1.92. The van der Waals surface area contributed by atoms with Crippen molar-refractivity contribution in [3.8, 4) is 0 Å². The van der Waals surface area contributed by atoms with Gasteiger partial charge in [-0.3, -0.25) is 0 Å². The molecule has 0 aliphatic heterocycles. The first-order valence-corrected chi connectivity index (χ1v) is 5.08. The predicted molar refractivity (Wildman–Crippen MR) is 60.7 cm³/mol. The summed E-state index contributed by atoms with van der Waals surface area (Å²) in [4.78, 5) is 0. The van der Waals surface area contributed by atoms with Crippen molar-refractivity contribution < 1.29 is 14.2 Å². The van der Waals surface area contributed by atoms with Crippen LogP contribution >= 0.6 is 0 Å². The molecular weight excluding hydrogens is 207 g/mol. The Hall–Kier alpha value is -1.45. The van der Waals surface area contributed by atoms with Gasteiger partial charge in [0.15, 0.2) is 0 Å². The number of ether oxygens (including phenoxy) is 1. The SMILES string of the molecule is COCC(O)c1ccc(F)c2ccccc12. The highest BCUT2D eigenvalue weighted by molar-refractivity contribution is 5.86. The molecule has 0 amide bonds. The standard InChI is InChI=1S/C13H13FO2/c1-16-8-13(15)11-6-7-12(14)10-5-3-2-4-9(10)11/h2-7,13,15H,8H2,1H3. The summed E-state index contributed by atoms with van der Waals surface area (Å²) in [6, 6.07) is 10.1. The Morgan fingerprint density at radius 3 is 2.56 bits per heavy atom. The molecule has 1 unspecified atom stereocenters. The van der Waals surface area contributed by atoms with Crippen LogP contribution in [0.1, 0.15) is 11.7 Å². The van der Waals surface area contributed by atoms with Gasteiger partial charge in [-0.1, -0.05) is 30.3 Å². The average Bonchev–Trinajstić information content (AvgIpc) is 2.30. The largest absolute Gasteiger partial charge is 0.386 e. The number of halogens is 1. The van der Waals surface area contributed by atoms with E-state index in [-0.39, 0.29) is 12.4 Å². The highest BCUT2D eigenvalue weighted by Gasteiger charge is 2.12. The van der Waals surface area contributed by atoms with Crippen molar-refractivity contribution >= 4 is 10.8 Å². The molecule has 0 spiro atoms. The van der Waals surface area contributed by atoms with Gasteiger partial charge in [0.1, 0.15) is 11.9 Å². The molecule has 84 valence electrons. The minimum absolute atomic E-state index is 0.204. The van der Waals surface area contributed by atoms with Crippen LogP contribution in [0.4, 0.5) is 4.39 Å². The summed E-state index contributed by atoms with van der Waals surface area (Å²) >= 11 is 0. The van der Waals surface area contributed by atoms with Gasteiger partial charge in [-0.2, -0.15) is 0 Å². The molecule has 0 heterocycles. The van der Waals surface area contributed by atoms with Crippen LogP contribution in [-0.4, -0.2) is 18.8 Å². The van der Waals surface area contributed by atoms with Crippen LogP contribution in [0.15, 0.2) is 36.4 Å². The van der Waals surface area contributed by atoms with Gasteiger partial charge in [0, 0.05) is 12.5 Å². The van der Waals surface area contributed by atoms with Gasteiger partial charge < -0.3 is 9.84 Å². The first-order valence-electron chi connectivity index (χ1n) is 5.08. The second-order valence-corrected chi connectivity index (χ2v) is 3.65. The van der Waals surface area contributed by atoms with E-state index in [9.17, 15) is 9.50 Å². The van der Waals surface area contributed by atoms with Crippen molar-refractivity contribution in [2.24, 2.45) is 0 Å². The van der Waals surface area contributed by atoms with Gasteiger partial charge in [-0.25, -0.2) is 4.39 Å². The van der Waals surface area contributed by atoms with E-state index in [1.807, 2.05) is 6.07 Å². The number of hydrogen-bond donors (Lipinski definition) is 1. The lowest BCUT2D eigenvalue weighted by Crippen LogP contribution is -2.05. The van der Waals surface area contributed by atoms with Crippen LogP contribution in [0.5, 0.6) is 0 Å². The van der Waals surface area contributed by atoms with Gasteiger partial charge in [0.05, 0.1) is 6.61 Å². The quantitative estimate of drug-likeness (QED) is 0.861. The summed E-state index contributed by atoms with van der Waals surface area (Å²) in [5.74, 6) is -0.274. The molecule has 1 atom stereocenters. The monoisotopic (exact) mass is 220 g/mol. The van der Waals surface area contributed by atoms with Crippen molar-refractivity contribution in [3.05, 3.63) is 47.8 Å². The van der Waals surface area contributed by atoms with Crippen LogP contribution in [-0.2, 0) is 4.74 Å². The molecule has 2 rings (SSSR count). The molecular formula is C13H13FO2. The Labute approximate surface area is 93.3 Å². The third-order valence-corrected chi connectivity index (χ3v) is 2.59. The zero-order chi connectivity index (χ0) is 11.5. The molecule has 16 heavy (non-hydrogen) atoms. The summed E-state index contributed by atoms with van der Waals surface area (Å²) in [6.07, 6.45) is -0.726. The molecule has 0 aliphatic carbocycles. The van der Waals surface area contributed by atoms with Crippen molar-refractivity contribution in [2.75, 3.05) is 13.7 Å². The number of hydrogen-bond acceptors (Lipinski definition) is 2. The fourth-order valence-corrected chi connectivity index (χ4v) is 1.82. The lowest BCUT2D eigenvalue weighted by molar-refractivity contribution is 0.0653. The molecule has 0 saturated carbocycles. The van der Waals surface area contributed by atoms with Crippen LogP contribution < -0.4 is 0 Å². The van der Waals surface area contributed by atoms with E-state index in [0.717, 1.165) is 5.39 Å². The lowest BCUT2D eigenvalue weighted by Gasteiger charge is -2.13. The van der Waals surface area contributed by atoms with Crippen LogP contribution in [0.25, 0.3) is 10.8 Å². The van der Waals surface area contributed by atoms with E-state index in [4.69, 9.17) is 4.74 Å². The van der Waals surface area contributed by atoms with Gasteiger partial charge in [0.25, 0.3) is 0 Å². The molecule has 0 saturated heterocycles. The Morgan fingerprint density at radius 2 is 1.88 bits per heavy atom. The first kappa shape index (κ1) is 11.0. The van der Waals surface area contributed by atoms with Crippen molar-refractivity contribution in [1.82, 2.24) is 0 Å². The fourth-order valence-electron chi connectivity index (χ4n) is 1.82. The molecule has 0 radical (unpaired) electrons. The fraction of sp³-hybridized carbons (Fsp3) is 0.231. The number of fused-ring (bicyclic) bond motifs is 1. The molecule has 1 N–H and O–H groups in total. The average molecular weight is 220 g/mol. The number of aliphatic hydroxyl groups is 1. The van der Waals surface area contributed by atoms with Crippen LogP contribution in [0, 0.1) is 5.82 Å². The van der Waals surface area contributed by atoms with Gasteiger partial charge in [0.2, 0.25) is 0 Å². The number of rotatable bonds is 3. The minimum Gasteiger partial charge on any atom is -0.386 e. The Bertz CT molecular complexity index is 496. The summed E-state index contributed by atoms with van der Waals surface area (Å²) in [5.41, 5.74) is 0.693. The Kier molecular flexibility index (Phi) is 3.17. The highest BCUT2D eigenvalue weighted by Crippen LogP contribution is 2.26. The summed E-state index contributed by atoms with van der Waals surface area (Å²) in [6.45, 7) is 0.204. The van der Waals surface area contributed by atoms with E-state index >= 15 is 0 Å². The molecule has 2 nitrogen and oxygen atoms in total. The molecule has 0 fully saturated rings. The maximum Gasteiger partial charge on any atom is 0.131 e. The van der Waals surface area contributed by atoms with Crippen LogP contribution in [0.2, 0.25) is 0 Å². The van der Waals surface area contributed by atoms with Gasteiger partial charge in [-0.15, -0.1) is 0 Å². The summed E-state index contributed by atoms with van der Waals surface area (Å²) < 4.78 is 18.4. The molecule has 0 bridgehead atoms. The number of aliphatic hydroxyl groups excluding tert-OH is 1. The molecule has 2 aromatic rings. The van der Waals surface area contributed by atoms with Crippen molar-refractivity contribution in [2.45, 2.75) is 6.10 Å². The van der Waals surface area contributed by atoms with Gasteiger partial charge >= 0.3 is 0 Å². The van der Waals surface area contributed by atoms with E-state index in [1.165, 1.54) is 13.2 Å². The smallest absolute Gasteiger partial charge is 0.131 e. The zero-order valence-electron chi connectivity index (χ0n) is 8.98. The normalized spacial score (nSPS) is 12.9. The molecule has 2 aromatic carbocycles. The third-order valence-electron chi connectivity index (χ3n) is 2.59. The maximum atomic E-state index is 13.5. The van der Waals surface area contributed by atoms with E-state index in [1.54, 1.807) is 24.3 Å². The maximum absolute atomic E-state index is 13.5. The highest BCUT2D eigenvalue weighted by atomic mass is 19.1. The van der Waals surface area contributed by atoms with E-state index in [0.29, 0.717) is 10.9 Å². The van der Waals surface area contributed by atoms with Gasteiger partial charge in [-0.05, 0) is 17.0 Å². The molecule has 3 heteroatoms. The second-order valence-electron chi connectivity index (χ2n) is 3.65. The van der Waals surface area contributed by atoms with Crippen molar-refractivity contribution in [1.29, 1.82) is 0 Å². The van der Waals surface area contributed by atoms with E-state index < -0.39 is 6.10 Å². The Morgan fingerprint density at radius 1 is 1.19 bits per heavy atom. The number of benzene rings is 2. The van der Waals surface area contributed by atoms with Crippen molar-refractivity contribution in [3.63, 3.8) is 0 Å². The van der Waals surface area contributed by atoms with Crippen LogP contribution in [0.3, 0.4) is 0 Å². The summed E-state index contributed by atoms with van der Waals surface area (Å²) in [5, 5.41) is 11.1.